The molecule has 0 N–H and O–H groups in total. The Morgan fingerprint density at radius 1 is 1.41 bits per heavy atom. The summed E-state index contributed by atoms with van der Waals surface area (Å²) in [6.45, 7) is 3.12. The van der Waals surface area contributed by atoms with Crippen molar-refractivity contribution in [2.75, 3.05) is 12.8 Å². The molecule has 17 heavy (non-hydrogen) atoms. The van der Waals surface area contributed by atoms with Crippen LogP contribution in [0.4, 0.5) is 4.79 Å². The van der Waals surface area contributed by atoms with Crippen molar-refractivity contribution < 1.29 is 4.79 Å². The number of halogens is 2. The van der Waals surface area contributed by atoms with E-state index in [1.165, 1.54) is 31.0 Å². The van der Waals surface area contributed by atoms with Gasteiger partial charge in [-0.2, -0.15) is 0 Å². The second-order valence-corrected chi connectivity index (χ2v) is 8.63. The van der Waals surface area contributed by atoms with Crippen LogP contribution in [0.2, 0.25) is 0 Å². The summed E-state index contributed by atoms with van der Waals surface area (Å²) in [5.74, 6) is 0. The molecule has 2 nitrogen and oxygen atoms in total. The van der Waals surface area contributed by atoms with Crippen molar-refractivity contribution in [3.8, 4) is 0 Å². The number of carbonyl (C=O) groups excluding carboxylic acids is 1. The van der Waals surface area contributed by atoms with Crippen LogP contribution in [-0.2, 0) is 0 Å². The van der Waals surface area contributed by atoms with E-state index in [0.29, 0.717) is 9.97 Å². The zero-order chi connectivity index (χ0) is 12.8. The molecule has 1 fully saturated rings. The van der Waals surface area contributed by atoms with E-state index in [1.807, 2.05) is 6.26 Å². The molecule has 1 amide bonds. The maximum Gasteiger partial charge on any atom is 0.281 e. The Hall–Kier alpha value is 1.28. The third kappa shape index (κ3) is 5.04. The molecule has 0 heterocycles. The van der Waals surface area contributed by atoms with Crippen LogP contribution in [0.5, 0.6) is 0 Å². The average Bonchev–Trinajstić information content (AvgIpc) is 2.33. The van der Waals surface area contributed by atoms with Gasteiger partial charge < -0.3 is 4.90 Å². The van der Waals surface area contributed by atoms with Gasteiger partial charge in [-0.25, -0.2) is 0 Å². The molecule has 1 aliphatic carbocycles. The Kier molecular flexibility index (Phi) is 8.12. The van der Waals surface area contributed by atoms with Gasteiger partial charge >= 0.3 is 0 Å². The Morgan fingerprint density at radius 3 is 2.71 bits per heavy atom. The zero-order valence-electron chi connectivity index (χ0n) is 10.5. The monoisotopic (exact) mass is 481 g/mol. The third-order valence-electron chi connectivity index (χ3n) is 3.23. The molecule has 0 bridgehead atoms. The number of alkyl halides is 2. The molecule has 0 aromatic carbocycles. The normalized spacial score (nSPS) is 29.1. The van der Waals surface area contributed by atoms with Crippen molar-refractivity contribution in [2.24, 2.45) is 0 Å². The molecular weight excluding hydrogens is 460 g/mol. The fourth-order valence-electron chi connectivity index (χ4n) is 2.22. The number of unbranched alkanes of at least 4 members (excludes halogenated alkanes) is 1. The molecule has 0 aliphatic heterocycles. The van der Waals surface area contributed by atoms with Crippen LogP contribution in [0.25, 0.3) is 0 Å². The van der Waals surface area contributed by atoms with Gasteiger partial charge in [0.1, 0.15) is 0 Å². The van der Waals surface area contributed by atoms with E-state index < -0.39 is 0 Å². The van der Waals surface area contributed by atoms with Crippen molar-refractivity contribution in [1.29, 1.82) is 0 Å². The smallest absolute Gasteiger partial charge is 0.281 e. The molecule has 0 aromatic heterocycles. The fraction of sp³-hybridized carbons (Fsp3) is 0.917. The standard InChI is InChI=1S/C12H21I2NOS/c1-3-4-7-15(12(16)17-2)11-8-9(13)5-6-10(11)14/h9-11H,3-8H2,1-2H3/t9-,10+,11+/m0/s1. The van der Waals surface area contributed by atoms with Crippen molar-refractivity contribution in [1.82, 2.24) is 4.90 Å². The first-order valence-corrected chi connectivity index (χ1v) is 9.94. The van der Waals surface area contributed by atoms with Crippen LogP contribution in [-0.4, -0.2) is 36.8 Å². The number of hydrogen-bond acceptors (Lipinski definition) is 2. The van der Waals surface area contributed by atoms with E-state index in [1.54, 1.807) is 0 Å². The zero-order valence-corrected chi connectivity index (χ0v) is 15.6. The van der Waals surface area contributed by atoms with Gasteiger partial charge in [-0.15, -0.1) is 0 Å². The largest absolute Gasteiger partial charge is 0.330 e. The van der Waals surface area contributed by atoms with Crippen molar-refractivity contribution >= 4 is 62.2 Å². The molecule has 0 aromatic rings. The summed E-state index contributed by atoms with van der Waals surface area (Å²) in [6.07, 6.45) is 7.91. The summed E-state index contributed by atoms with van der Waals surface area (Å²) in [4.78, 5) is 14.2. The molecular formula is C12H21I2NOS. The topological polar surface area (TPSA) is 20.3 Å². The number of nitrogens with zero attached hydrogens (tertiary/aromatic N) is 1. The molecule has 100 valence electrons. The summed E-state index contributed by atoms with van der Waals surface area (Å²) >= 11 is 6.44. The molecule has 0 radical (unpaired) electrons. The van der Waals surface area contributed by atoms with Gasteiger partial charge in [0.15, 0.2) is 0 Å². The van der Waals surface area contributed by atoms with E-state index in [4.69, 9.17) is 0 Å². The van der Waals surface area contributed by atoms with Crippen LogP contribution < -0.4 is 0 Å². The van der Waals surface area contributed by atoms with E-state index in [-0.39, 0.29) is 5.24 Å². The minimum absolute atomic E-state index is 0.260. The highest BCUT2D eigenvalue weighted by Crippen LogP contribution is 2.34. The number of carbonyl (C=O) groups is 1. The van der Waals surface area contributed by atoms with E-state index in [9.17, 15) is 4.79 Å². The van der Waals surface area contributed by atoms with Crippen molar-refractivity contribution in [3.05, 3.63) is 0 Å². The summed E-state index contributed by atoms with van der Waals surface area (Å²) in [7, 11) is 0. The Labute approximate surface area is 136 Å². The van der Waals surface area contributed by atoms with Crippen LogP contribution in [0.1, 0.15) is 39.0 Å². The maximum atomic E-state index is 12.1. The van der Waals surface area contributed by atoms with Crippen LogP contribution in [0.3, 0.4) is 0 Å². The van der Waals surface area contributed by atoms with Gasteiger partial charge in [0.25, 0.3) is 5.24 Å². The molecule has 0 saturated heterocycles. The highest BCUT2D eigenvalue weighted by molar-refractivity contribution is 14.1. The predicted octanol–water partition coefficient (Wildman–Crippen LogP) is 4.73. The SMILES string of the molecule is CCCCN(C(=O)SC)[C@@H]1C[C@@H](I)CC[C@H]1I. The first-order valence-electron chi connectivity index (χ1n) is 6.22. The third-order valence-corrected chi connectivity index (χ3v) is 6.40. The Morgan fingerprint density at radius 2 is 2.12 bits per heavy atom. The lowest BCUT2D eigenvalue weighted by atomic mass is 9.94. The quantitative estimate of drug-likeness (QED) is 0.428. The Balaban J connectivity index is 2.68. The molecule has 0 spiro atoms. The molecule has 1 aliphatic rings. The van der Waals surface area contributed by atoms with Crippen molar-refractivity contribution in [3.63, 3.8) is 0 Å². The van der Waals surface area contributed by atoms with Gasteiger partial charge in [0, 0.05) is 20.4 Å². The fourth-order valence-corrected chi connectivity index (χ4v) is 4.60. The molecule has 1 rings (SSSR count). The first kappa shape index (κ1) is 16.3. The highest BCUT2D eigenvalue weighted by Gasteiger charge is 2.33. The minimum atomic E-state index is 0.260. The summed E-state index contributed by atoms with van der Waals surface area (Å²) in [5, 5.41) is 0.260. The van der Waals surface area contributed by atoms with E-state index in [0.717, 1.165) is 23.3 Å². The lowest BCUT2D eigenvalue weighted by Gasteiger charge is -2.39. The van der Waals surface area contributed by atoms with E-state index in [2.05, 4.69) is 57.0 Å². The maximum absolute atomic E-state index is 12.1. The van der Waals surface area contributed by atoms with Gasteiger partial charge in [0.05, 0.1) is 0 Å². The van der Waals surface area contributed by atoms with Crippen LogP contribution in [0.15, 0.2) is 0 Å². The van der Waals surface area contributed by atoms with Gasteiger partial charge in [0.2, 0.25) is 0 Å². The molecule has 5 heteroatoms. The van der Waals surface area contributed by atoms with Crippen molar-refractivity contribution in [2.45, 2.75) is 52.9 Å². The number of rotatable bonds is 4. The van der Waals surface area contributed by atoms with Gasteiger partial charge in [-0.1, -0.05) is 70.3 Å². The number of amides is 1. The van der Waals surface area contributed by atoms with E-state index >= 15 is 0 Å². The van der Waals surface area contributed by atoms with Gasteiger partial charge in [-0.3, -0.25) is 4.79 Å². The minimum Gasteiger partial charge on any atom is -0.330 e. The highest BCUT2D eigenvalue weighted by atomic mass is 127. The number of hydrogen-bond donors (Lipinski definition) is 0. The summed E-state index contributed by atoms with van der Waals surface area (Å²) in [6, 6.07) is 0.456. The summed E-state index contributed by atoms with van der Waals surface area (Å²) in [5.41, 5.74) is 0. The van der Waals surface area contributed by atoms with Gasteiger partial charge in [-0.05, 0) is 31.9 Å². The lowest BCUT2D eigenvalue weighted by Crippen LogP contribution is -2.47. The predicted molar refractivity (Wildman–Crippen MR) is 93.8 cm³/mol. The lowest BCUT2D eigenvalue weighted by molar-refractivity contribution is 0.184. The van der Waals surface area contributed by atoms with Crippen LogP contribution >= 0.6 is 56.9 Å². The number of thioether (sulfide) groups is 1. The Bertz CT molecular complexity index is 253. The average molecular weight is 481 g/mol. The second kappa shape index (κ2) is 8.45. The first-order chi connectivity index (χ1) is 8.10. The molecule has 1 saturated carbocycles. The molecule has 0 unspecified atom stereocenters. The van der Waals surface area contributed by atoms with Crippen LogP contribution in [0, 0.1) is 0 Å². The second-order valence-electron chi connectivity index (χ2n) is 4.51. The summed E-state index contributed by atoms with van der Waals surface area (Å²) < 4.78 is 1.37. The molecule has 3 atom stereocenters.